The molecule has 0 aliphatic carbocycles. The van der Waals surface area contributed by atoms with Crippen LogP contribution in [0.4, 0.5) is 4.79 Å². The van der Waals surface area contributed by atoms with E-state index in [1.165, 1.54) is 7.11 Å². The van der Waals surface area contributed by atoms with E-state index in [0.29, 0.717) is 6.42 Å². The lowest BCUT2D eigenvalue weighted by Gasteiger charge is -2.20. The van der Waals surface area contributed by atoms with Crippen molar-refractivity contribution in [1.29, 1.82) is 0 Å². The molecular formula is C14H25NO4. The van der Waals surface area contributed by atoms with Crippen molar-refractivity contribution in [3.8, 4) is 0 Å². The summed E-state index contributed by atoms with van der Waals surface area (Å²) in [6.07, 6.45) is 1.61. The van der Waals surface area contributed by atoms with Gasteiger partial charge in [-0.1, -0.05) is 26.8 Å². The summed E-state index contributed by atoms with van der Waals surface area (Å²) in [5.41, 5.74) is -0.504. The second kappa shape index (κ2) is 6.59. The van der Waals surface area contributed by atoms with Crippen LogP contribution in [-0.2, 0) is 14.3 Å². The number of alkyl carbamates (subject to hydrolysis) is 1. The molecule has 0 atom stereocenters. The summed E-state index contributed by atoms with van der Waals surface area (Å²) in [6, 6.07) is 0. The van der Waals surface area contributed by atoms with Crippen LogP contribution in [0.1, 0.15) is 48.0 Å². The van der Waals surface area contributed by atoms with Crippen molar-refractivity contribution in [3.05, 3.63) is 11.8 Å². The van der Waals surface area contributed by atoms with Crippen LogP contribution in [-0.4, -0.2) is 24.8 Å². The monoisotopic (exact) mass is 271 g/mol. The lowest BCUT2D eigenvalue weighted by molar-refractivity contribution is -0.136. The van der Waals surface area contributed by atoms with Gasteiger partial charge < -0.3 is 9.47 Å². The van der Waals surface area contributed by atoms with Crippen LogP contribution in [0, 0.1) is 5.41 Å². The Morgan fingerprint density at radius 1 is 1.11 bits per heavy atom. The van der Waals surface area contributed by atoms with Gasteiger partial charge in [-0.2, -0.15) is 0 Å². The van der Waals surface area contributed by atoms with Gasteiger partial charge in [-0.15, -0.1) is 0 Å². The molecule has 0 aliphatic rings. The van der Waals surface area contributed by atoms with Crippen LogP contribution >= 0.6 is 0 Å². The highest BCUT2D eigenvalue weighted by Gasteiger charge is 2.20. The minimum Gasteiger partial charge on any atom is -0.464 e. The molecule has 0 saturated heterocycles. The summed E-state index contributed by atoms with van der Waals surface area (Å²) in [6.45, 7) is 11.4. The average Bonchev–Trinajstić information content (AvgIpc) is 2.19. The zero-order chi connectivity index (χ0) is 15.3. The molecule has 110 valence electrons. The summed E-state index contributed by atoms with van der Waals surface area (Å²) in [4.78, 5) is 23.2. The van der Waals surface area contributed by atoms with E-state index in [1.54, 1.807) is 26.8 Å². The summed E-state index contributed by atoms with van der Waals surface area (Å²) in [7, 11) is 1.27. The van der Waals surface area contributed by atoms with E-state index in [4.69, 9.17) is 4.74 Å². The highest BCUT2D eigenvalue weighted by Crippen LogP contribution is 2.20. The van der Waals surface area contributed by atoms with Crippen LogP contribution in [0.25, 0.3) is 0 Å². The number of nitrogens with one attached hydrogen (secondary N) is 1. The first-order valence-electron chi connectivity index (χ1n) is 6.23. The predicted molar refractivity (Wildman–Crippen MR) is 73.5 cm³/mol. The molecule has 0 aromatic heterocycles. The Balaban J connectivity index is 4.80. The number of carbonyl (C=O) groups is 2. The fourth-order valence-corrected chi connectivity index (χ4v) is 1.12. The van der Waals surface area contributed by atoms with E-state index in [2.05, 4.69) is 10.1 Å². The van der Waals surface area contributed by atoms with E-state index < -0.39 is 17.7 Å². The molecule has 0 aliphatic heterocycles. The van der Waals surface area contributed by atoms with Gasteiger partial charge in [-0.3, -0.25) is 5.32 Å². The zero-order valence-electron chi connectivity index (χ0n) is 12.9. The number of rotatable bonds is 3. The Morgan fingerprint density at radius 3 is 2.00 bits per heavy atom. The largest absolute Gasteiger partial charge is 0.464 e. The van der Waals surface area contributed by atoms with Crippen LogP contribution in [0.2, 0.25) is 0 Å². The first-order chi connectivity index (χ1) is 8.44. The molecular weight excluding hydrogens is 246 g/mol. The van der Waals surface area contributed by atoms with Crippen LogP contribution in [0.3, 0.4) is 0 Å². The third kappa shape index (κ3) is 9.11. The number of methoxy groups -OCH3 is 1. The molecule has 0 radical (unpaired) electrons. The first kappa shape index (κ1) is 17.5. The van der Waals surface area contributed by atoms with Crippen LogP contribution in [0.5, 0.6) is 0 Å². The quantitative estimate of drug-likeness (QED) is 0.633. The molecule has 0 unspecified atom stereocenters. The molecule has 0 heterocycles. The maximum Gasteiger partial charge on any atom is 0.412 e. The summed E-state index contributed by atoms with van der Waals surface area (Å²) in [5, 5.41) is 2.42. The highest BCUT2D eigenvalue weighted by atomic mass is 16.6. The fraction of sp³-hybridized carbons (Fsp3) is 0.714. The molecule has 5 nitrogen and oxygen atoms in total. The molecule has 0 rings (SSSR count). The minimum absolute atomic E-state index is 0.00881. The third-order valence-electron chi connectivity index (χ3n) is 1.96. The number of ether oxygens (including phenoxy) is 2. The number of amides is 1. The number of esters is 1. The Hall–Kier alpha value is -1.52. The van der Waals surface area contributed by atoms with E-state index in [-0.39, 0.29) is 11.1 Å². The highest BCUT2D eigenvalue weighted by molar-refractivity contribution is 5.92. The van der Waals surface area contributed by atoms with Gasteiger partial charge in [-0.25, -0.2) is 9.59 Å². The van der Waals surface area contributed by atoms with Crippen molar-refractivity contribution in [2.75, 3.05) is 7.11 Å². The van der Waals surface area contributed by atoms with E-state index in [1.807, 2.05) is 20.8 Å². The Labute approximate surface area is 115 Å². The van der Waals surface area contributed by atoms with Gasteiger partial charge in [0.2, 0.25) is 0 Å². The topological polar surface area (TPSA) is 64.6 Å². The first-order valence-corrected chi connectivity index (χ1v) is 6.23. The van der Waals surface area contributed by atoms with Crippen molar-refractivity contribution < 1.29 is 19.1 Å². The standard InChI is InChI=1S/C14H25NO4/c1-13(2,3)9-8-10(11(16)18-7)15-12(17)19-14(4,5)6/h8H,9H2,1-7H3,(H,15,17)/b10-8-. The smallest absolute Gasteiger partial charge is 0.412 e. The second-order valence-electron chi connectivity index (χ2n) is 6.50. The molecule has 1 amide bonds. The van der Waals surface area contributed by atoms with E-state index in [9.17, 15) is 9.59 Å². The Bertz CT molecular complexity index is 359. The molecule has 0 saturated carbocycles. The third-order valence-corrected chi connectivity index (χ3v) is 1.96. The van der Waals surface area contributed by atoms with Gasteiger partial charge in [0.1, 0.15) is 11.3 Å². The second-order valence-corrected chi connectivity index (χ2v) is 6.50. The number of carbonyl (C=O) groups excluding carboxylic acids is 2. The lowest BCUT2D eigenvalue weighted by atomic mass is 9.92. The normalized spacial score (nSPS) is 12.9. The summed E-state index contributed by atoms with van der Waals surface area (Å²) < 4.78 is 9.73. The molecule has 0 aromatic rings. The minimum atomic E-state index is -0.668. The van der Waals surface area contributed by atoms with Gasteiger partial charge in [0.05, 0.1) is 7.11 Å². The van der Waals surface area contributed by atoms with Crippen molar-refractivity contribution in [2.24, 2.45) is 5.41 Å². The molecule has 19 heavy (non-hydrogen) atoms. The molecule has 0 aromatic carbocycles. The maximum atomic E-state index is 11.6. The average molecular weight is 271 g/mol. The maximum absolute atomic E-state index is 11.6. The molecule has 0 fully saturated rings. The number of hydrogen-bond donors (Lipinski definition) is 1. The Kier molecular flexibility index (Phi) is 6.06. The van der Waals surface area contributed by atoms with E-state index >= 15 is 0 Å². The summed E-state index contributed by atoms with van der Waals surface area (Å²) in [5.74, 6) is -0.588. The van der Waals surface area contributed by atoms with Gasteiger partial charge in [0.25, 0.3) is 0 Å². The lowest BCUT2D eigenvalue weighted by Crippen LogP contribution is -2.34. The van der Waals surface area contributed by atoms with Gasteiger partial charge in [-0.05, 0) is 32.6 Å². The van der Waals surface area contributed by atoms with Crippen LogP contribution < -0.4 is 5.32 Å². The predicted octanol–water partition coefficient (Wildman–Crippen LogP) is 3.00. The Morgan fingerprint density at radius 2 is 1.63 bits per heavy atom. The van der Waals surface area contributed by atoms with Crippen LogP contribution in [0.15, 0.2) is 11.8 Å². The fourth-order valence-electron chi connectivity index (χ4n) is 1.12. The SMILES string of the molecule is COC(=O)/C(=C/CC(C)(C)C)NC(=O)OC(C)(C)C. The molecule has 0 bridgehead atoms. The van der Waals surface area contributed by atoms with Crippen molar-refractivity contribution >= 4 is 12.1 Å². The van der Waals surface area contributed by atoms with Gasteiger partial charge in [0, 0.05) is 0 Å². The van der Waals surface area contributed by atoms with Crippen molar-refractivity contribution in [3.63, 3.8) is 0 Å². The zero-order valence-corrected chi connectivity index (χ0v) is 12.9. The summed E-state index contributed by atoms with van der Waals surface area (Å²) >= 11 is 0. The van der Waals surface area contributed by atoms with E-state index in [0.717, 1.165) is 0 Å². The van der Waals surface area contributed by atoms with Crippen molar-refractivity contribution in [2.45, 2.75) is 53.6 Å². The molecule has 1 N–H and O–H groups in total. The molecule has 5 heteroatoms. The number of allylic oxidation sites excluding steroid dienone is 1. The number of hydrogen-bond acceptors (Lipinski definition) is 4. The van der Waals surface area contributed by atoms with Gasteiger partial charge in [0.15, 0.2) is 0 Å². The van der Waals surface area contributed by atoms with Crippen molar-refractivity contribution in [1.82, 2.24) is 5.32 Å². The molecule has 0 spiro atoms. The van der Waals surface area contributed by atoms with Gasteiger partial charge >= 0.3 is 12.1 Å².